The monoisotopic (exact) mass is 289 g/mol. The average Bonchev–Trinajstić information content (AvgIpc) is 2.45. The van der Waals surface area contributed by atoms with E-state index in [-0.39, 0.29) is 24.4 Å². The molecule has 2 saturated heterocycles. The molecular formula is C14H28ClN3O. The molecule has 5 heteroatoms. The Hall–Kier alpha value is -0.320. The smallest absolute Gasteiger partial charge is 0.237 e. The van der Waals surface area contributed by atoms with Crippen molar-refractivity contribution >= 4 is 18.3 Å². The van der Waals surface area contributed by atoms with Crippen molar-refractivity contribution in [1.29, 1.82) is 0 Å². The molecule has 19 heavy (non-hydrogen) atoms. The Morgan fingerprint density at radius 2 is 2.00 bits per heavy atom. The van der Waals surface area contributed by atoms with Crippen molar-refractivity contribution < 1.29 is 4.79 Å². The fourth-order valence-corrected chi connectivity index (χ4v) is 3.24. The summed E-state index contributed by atoms with van der Waals surface area (Å²) in [6, 6.07) is 0.130. The van der Waals surface area contributed by atoms with E-state index < -0.39 is 0 Å². The lowest BCUT2D eigenvalue weighted by Gasteiger charge is -2.35. The fraction of sp³-hybridized carbons (Fsp3) is 0.929. The van der Waals surface area contributed by atoms with Crippen molar-refractivity contribution in [2.75, 3.05) is 33.2 Å². The highest BCUT2D eigenvalue weighted by molar-refractivity contribution is 5.85. The third-order valence-electron chi connectivity index (χ3n) is 4.45. The van der Waals surface area contributed by atoms with Crippen LogP contribution in [0.5, 0.6) is 0 Å². The molecular weight excluding hydrogens is 262 g/mol. The lowest BCUT2D eigenvalue weighted by molar-refractivity contribution is -0.127. The number of piperidine rings is 2. The standard InChI is InChI=1S/C14H27N3O.ClH/c1-15-14(18)13-4-2-3-10-17(13)11-7-12-5-8-16-9-6-12;/h12-13,16H,2-11H2,1H3,(H,15,18);1H. The number of carbonyl (C=O) groups excluding carboxylic acids is 1. The summed E-state index contributed by atoms with van der Waals surface area (Å²) in [6.07, 6.45) is 7.35. The minimum Gasteiger partial charge on any atom is -0.358 e. The summed E-state index contributed by atoms with van der Waals surface area (Å²) in [4.78, 5) is 14.3. The molecule has 4 nitrogen and oxygen atoms in total. The van der Waals surface area contributed by atoms with Crippen LogP contribution in [0.3, 0.4) is 0 Å². The maximum Gasteiger partial charge on any atom is 0.237 e. The average molecular weight is 290 g/mol. The molecule has 0 aromatic carbocycles. The number of carbonyl (C=O) groups is 1. The molecule has 0 spiro atoms. The van der Waals surface area contributed by atoms with Crippen molar-refractivity contribution in [2.24, 2.45) is 5.92 Å². The predicted molar refractivity (Wildman–Crippen MR) is 80.7 cm³/mol. The summed E-state index contributed by atoms with van der Waals surface area (Å²) in [5, 5.41) is 6.22. The molecule has 2 aliphatic rings. The van der Waals surface area contributed by atoms with Gasteiger partial charge in [-0.2, -0.15) is 0 Å². The Morgan fingerprint density at radius 1 is 1.26 bits per heavy atom. The first kappa shape index (κ1) is 16.7. The zero-order chi connectivity index (χ0) is 12.8. The van der Waals surface area contributed by atoms with Crippen LogP contribution < -0.4 is 10.6 Å². The Balaban J connectivity index is 0.00000180. The molecule has 1 unspecified atom stereocenters. The van der Waals surface area contributed by atoms with Crippen molar-refractivity contribution in [3.8, 4) is 0 Å². The Bertz CT molecular complexity index is 269. The second-order valence-electron chi connectivity index (χ2n) is 5.64. The van der Waals surface area contributed by atoms with Gasteiger partial charge >= 0.3 is 0 Å². The van der Waals surface area contributed by atoms with E-state index in [1.54, 1.807) is 7.05 Å². The highest BCUT2D eigenvalue weighted by atomic mass is 35.5. The van der Waals surface area contributed by atoms with Gasteiger partial charge in [-0.1, -0.05) is 6.42 Å². The zero-order valence-corrected chi connectivity index (χ0v) is 12.8. The van der Waals surface area contributed by atoms with Crippen LogP contribution in [0.15, 0.2) is 0 Å². The van der Waals surface area contributed by atoms with Crippen LogP contribution in [-0.2, 0) is 4.79 Å². The minimum absolute atomic E-state index is 0. The Labute approximate surface area is 123 Å². The fourth-order valence-electron chi connectivity index (χ4n) is 3.24. The van der Waals surface area contributed by atoms with Crippen LogP contribution in [0.4, 0.5) is 0 Å². The normalized spacial score (nSPS) is 25.6. The number of hydrogen-bond acceptors (Lipinski definition) is 3. The summed E-state index contributed by atoms with van der Waals surface area (Å²) in [5.74, 6) is 1.07. The Morgan fingerprint density at radius 3 is 2.68 bits per heavy atom. The van der Waals surface area contributed by atoms with Crippen molar-refractivity contribution in [3.63, 3.8) is 0 Å². The summed E-state index contributed by atoms with van der Waals surface area (Å²) in [5.41, 5.74) is 0. The van der Waals surface area contributed by atoms with Gasteiger partial charge in [-0.25, -0.2) is 0 Å². The second kappa shape index (κ2) is 8.77. The minimum atomic E-state index is 0. The molecule has 1 amide bonds. The maximum atomic E-state index is 11.9. The maximum absolute atomic E-state index is 11.9. The first-order valence-electron chi connectivity index (χ1n) is 7.47. The first-order valence-corrected chi connectivity index (χ1v) is 7.47. The molecule has 2 aliphatic heterocycles. The molecule has 0 aromatic heterocycles. The van der Waals surface area contributed by atoms with Gasteiger partial charge in [0.1, 0.15) is 0 Å². The van der Waals surface area contributed by atoms with E-state index in [0.29, 0.717) is 0 Å². The van der Waals surface area contributed by atoms with Gasteiger partial charge in [-0.05, 0) is 64.2 Å². The highest BCUT2D eigenvalue weighted by Gasteiger charge is 2.28. The van der Waals surface area contributed by atoms with Gasteiger partial charge in [0.25, 0.3) is 0 Å². The van der Waals surface area contributed by atoms with Crippen molar-refractivity contribution in [2.45, 2.75) is 44.6 Å². The number of amides is 1. The molecule has 2 rings (SSSR count). The van der Waals surface area contributed by atoms with Gasteiger partial charge in [0.2, 0.25) is 5.91 Å². The molecule has 1 atom stereocenters. The molecule has 0 radical (unpaired) electrons. The summed E-state index contributed by atoms with van der Waals surface area (Å²) in [7, 11) is 1.75. The molecule has 2 N–H and O–H groups in total. The summed E-state index contributed by atoms with van der Waals surface area (Å²) < 4.78 is 0. The lowest BCUT2D eigenvalue weighted by atomic mass is 9.93. The van der Waals surface area contributed by atoms with E-state index >= 15 is 0 Å². The van der Waals surface area contributed by atoms with Crippen LogP contribution in [0.1, 0.15) is 38.5 Å². The lowest BCUT2D eigenvalue weighted by Crippen LogP contribution is -2.49. The molecule has 2 fully saturated rings. The summed E-state index contributed by atoms with van der Waals surface area (Å²) in [6.45, 7) is 4.54. The highest BCUT2D eigenvalue weighted by Crippen LogP contribution is 2.21. The Kier molecular flexibility index (Phi) is 7.73. The van der Waals surface area contributed by atoms with Gasteiger partial charge in [-0.15, -0.1) is 12.4 Å². The molecule has 112 valence electrons. The number of hydrogen-bond donors (Lipinski definition) is 2. The van der Waals surface area contributed by atoms with E-state index in [2.05, 4.69) is 15.5 Å². The number of nitrogens with one attached hydrogen (secondary N) is 2. The molecule has 0 aromatic rings. The number of halogens is 1. The van der Waals surface area contributed by atoms with Gasteiger partial charge in [0, 0.05) is 7.05 Å². The van der Waals surface area contributed by atoms with Crippen LogP contribution in [0.2, 0.25) is 0 Å². The zero-order valence-electron chi connectivity index (χ0n) is 12.0. The number of likely N-dealkylation sites (N-methyl/N-ethyl adjacent to an activating group) is 1. The van der Waals surface area contributed by atoms with E-state index in [4.69, 9.17) is 0 Å². The largest absolute Gasteiger partial charge is 0.358 e. The van der Waals surface area contributed by atoms with E-state index in [1.165, 1.54) is 45.2 Å². The molecule has 2 heterocycles. The number of rotatable bonds is 4. The predicted octanol–water partition coefficient (Wildman–Crippen LogP) is 1.40. The van der Waals surface area contributed by atoms with Crippen LogP contribution >= 0.6 is 12.4 Å². The first-order chi connectivity index (χ1) is 8.81. The number of nitrogens with zero attached hydrogens (tertiary/aromatic N) is 1. The molecule has 0 aliphatic carbocycles. The van der Waals surface area contributed by atoms with E-state index in [9.17, 15) is 4.79 Å². The van der Waals surface area contributed by atoms with Gasteiger partial charge in [-0.3, -0.25) is 9.69 Å². The second-order valence-corrected chi connectivity index (χ2v) is 5.64. The van der Waals surface area contributed by atoms with E-state index in [0.717, 1.165) is 25.4 Å². The van der Waals surface area contributed by atoms with Gasteiger partial charge in [0.05, 0.1) is 6.04 Å². The topological polar surface area (TPSA) is 44.4 Å². The van der Waals surface area contributed by atoms with Gasteiger partial charge < -0.3 is 10.6 Å². The van der Waals surface area contributed by atoms with Crippen molar-refractivity contribution in [3.05, 3.63) is 0 Å². The van der Waals surface area contributed by atoms with Crippen LogP contribution in [0.25, 0.3) is 0 Å². The van der Waals surface area contributed by atoms with Gasteiger partial charge in [0.15, 0.2) is 0 Å². The number of likely N-dealkylation sites (tertiary alicyclic amines) is 1. The summed E-state index contributed by atoms with van der Waals surface area (Å²) >= 11 is 0. The van der Waals surface area contributed by atoms with Crippen LogP contribution in [0, 0.1) is 5.92 Å². The van der Waals surface area contributed by atoms with Crippen LogP contribution in [-0.4, -0.2) is 50.1 Å². The van der Waals surface area contributed by atoms with Crippen molar-refractivity contribution in [1.82, 2.24) is 15.5 Å². The van der Waals surface area contributed by atoms with E-state index in [1.807, 2.05) is 0 Å². The molecule has 0 saturated carbocycles. The SMILES string of the molecule is CNC(=O)C1CCCCN1CCC1CCNCC1.Cl. The third kappa shape index (κ3) is 4.93. The molecule has 0 bridgehead atoms. The quantitative estimate of drug-likeness (QED) is 0.822. The third-order valence-corrected chi connectivity index (χ3v) is 4.45.